The standard InChI is InChI=1S/C14H13BrCl2N2O/c1-8-5-12(16)19-14(17)13(8)18-7-9-6-10(20-2)3-4-11(9)15/h3-6,18H,7H2,1-2H3. The van der Waals surface area contributed by atoms with Crippen molar-refractivity contribution in [3.63, 3.8) is 0 Å². The van der Waals surface area contributed by atoms with Crippen molar-refractivity contribution in [2.45, 2.75) is 13.5 Å². The van der Waals surface area contributed by atoms with E-state index in [2.05, 4.69) is 26.2 Å². The van der Waals surface area contributed by atoms with E-state index in [0.29, 0.717) is 16.9 Å². The van der Waals surface area contributed by atoms with Gasteiger partial charge in [-0.2, -0.15) is 0 Å². The Hall–Kier alpha value is -0.970. The molecule has 0 unspecified atom stereocenters. The number of methoxy groups -OCH3 is 1. The zero-order chi connectivity index (χ0) is 14.7. The first-order chi connectivity index (χ1) is 9.51. The molecule has 0 aliphatic rings. The van der Waals surface area contributed by atoms with Crippen LogP contribution in [-0.4, -0.2) is 12.1 Å². The molecule has 0 aliphatic heterocycles. The molecule has 0 saturated heterocycles. The van der Waals surface area contributed by atoms with Gasteiger partial charge in [0.1, 0.15) is 10.9 Å². The molecule has 1 aromatic carbocycles. The fraction of sp³-hybridized carbons (Fsp3) is 0.214. The third-order valence-electron chi connectivity index (χ3n) is 2.85. The first-order valence-electron chi connectivity index (χ1n) is 5.90. The third kappa shape index (κ3) is 3.57. The Kier molecular flexibility index (Phi) is 5.13. The number of benzene rings is 1. The molecule has 1 N–H and O–H groups in total. The molecule has 0 spiro atoms. The van der Waals surface area contributed by atoms with Crippen LogP contribution in [0.5, 0.6) is 5.75 Å². The van der Waals surface area contributed by atoms with Crippen LogP contribution in [0.25, 0.3) is 0 Å². The number of nitrogens with zero attached hydrogens (tertiary/aromatic N) is 1. The van der Waals surface area contributed by atoms with Crippen molar-refractivity contribution in [3.05, 3.63) is 50.2 Å². The fourth-order valence-corrected chi connectivity index (χ4v) is 2.79. The van der Waals surface area contributed by atoms with Gasteiger partial charge in [0.15, 0.2) is 5.15 Å². The van der Waals surface area contributed by atoms with Gasteiger partial charge in [0.05, 0.1) is 12.8 Å². The summed E-state index contributed by atoms with van der Waals surface area (Å²) in [4.78, 5) is 4.03. The summed E-state index contributed by atoms with van der Waals surface area (Å²) >= 11 is 15.5. The Morgan fingerprint density at radius 2 is 2.05 bits per heavy atom. The molecule has 1 heterocycles. The number of ether oxygens (including phenoxy) is 1. The summed E-state index contributed by atoms with van der Waals surface area (Å²) in [6, 6.07) is 7.58. The first kappa shape index (κ1) is 15.4. The van der Waals surface area contributed by atoms with Crippen molar-refractivity contribution in [2.24, 2.45) is 0 Å². The fourth-order valence-electron chi connectivity index (χ4n) is 1.80. The van der Waals surface area contributed by atoms with Crippen molar-refractivity contribution in [3.8, 4) is 5.75 Å². The molecule has 2 rings (SSSR count). The maximum absolute atomic E-state index is 6.10. The number of anilines is 1. The smallest absolute Gasteiger partial charge is 0.154 e. The van der Waals surface area contributed by atoms with Crippen molar-refractivity contribution >= 4 is 44.8 Å². The molecule has 106 valence electrons. The second kappa shape index (κ2) is 6.66. The van der Waals surface area contributed by atoms with Crippen LogP contribution in [0.2, 0.25) is 10.3 Å². The molecule has 0 saturated carbocycles. The Morgan fingerprint density at radius 3 is 2.70 bits per heavy atom. The second-order valence-corrected chi connectivity index (χ2v) is 5.84. The third-order valence-corrected chi connectivity index (χ3v) is 4.09. The van der Waals surface area contributed by atoms with Gasteiger partial charge in [-0.1, -0.05) is 39.1 Å². The topological polar surface area (TPSA) is 34.1 Å². The summed E-state index contributed by atoms with van der Waals surface area (Å²) < 4.78 is 6.22. The summed E-state index contributed by atoms with van der Waals surface area (Å²) in [7, 11) is 1.64. The summed E-state index contributed by atoms with van der Waals surface area (Å²) in [5, 5.41) is 4.04. The Morgan fingerprint density at radius 1 is 1.30 bits per heavy atom. The van der Waals surface area contributed by atoms with Crippen LogP contribution in [-0.2, 0) is 6.54 Å². The van der Waals surface area contributed by atoms with Crippen LogP contribution < -0.4 is 10.1 Å². The van der Waals surface area contributed by atoms with Crippen molar-refractivity contribution < 1.29 is 4.74 Å². The van der Waals surface area contributed by atoms with Crippen LogP contribution in [0.15, 0.2) is 28.7 Å². The Labute approximate surface area is 136 Å². The molecule has 0 radical (unpaired) electrons. The summed E-state index contributed by atoms with van der Waals surface area (Å²) in [6.45, 7) is 2.53. The normalized spacial score (nSPS) is 10.4. The van der Waals surface area contributed by atoms with Crippen LogP contribution in [0.3, 0.4) is 0 Å². The maximum Gasteiger partial charge on any atom is 0.154 e. The molecule has 0 aliphatic carbocycles. The molecular formula is C14H13BrCl2N2O. The quantitative estimate of drug-likeness (QED) is 0.756. The highest BCUT2D eigenvalue weighted by Gasteiger charge is 2.09. The van der Waals surface area contributed by atoms with Gasteiger partial charge in [-0.15, -0.1) is 0 Å². The number of halogens is 3. The summed E-state index contributed by atoms with van der Waals surface area (Å²) in [5.74, 6) is 0.807. The highest BCUT2D eigenvalue weighted by atomic mass is 79.9. The van der Waals surface area contributed by atoms with Gasteiger partial charge in [-0.25, -0.2) is 4.98 Å². The van der Waals surface area contributed by atoms with Crippen LogP contribution >= 0.6 is 39.1 Å². The van der Waals surface area contributed by atoms with Crippen molar-refractivity contribution in [2.75, 3.05) is 12.4 Å². The lowest BCUT2D eigenvalue weighted by Crippen LogP contribution is -2.04. The molecule has 0 atom stereocenters. The molecule has 2 aromatic rings. The van der Waals surface area contributed by atoms with E-state index in [-0.39, 0.29) is 0 Å². The van der Waals surface area contributed by atoms with E-state index in [1.165, 1.54) is 0 Å². The lowest BCUT2D eigenvalue weighted by atomic mass is 10.2. The predicted molar refractivity (Wildman–Crippen MR) is 87.0 cm³/mol. The van der Waals surface area contributed by atoms with Gasteiger partial charge < -0.3 is 10.1 Å². The lowest BCUT2D eigenvalue weighted by molar-refractivity contribution is 0.414. The van der Waals surface area contributed by atoms with Gasteiger partial charge in [0.25, 0.3) is 0 Å². The van der Waals surface area contributed by atoms with E-state index in [0.717, 1.165) is 27.0 Å². The van der Waals surface area contributed by atoms with Crippen LogP contribution in [0.1, 0.15) is 11.1 Å². The number of hydrogen-bond donors (Lipinski definition) is 1. The molecule has 6 heteroatoms. The van der Waals surface area contributed by atoms with Gasteiger partial charge in [0, 0.05) is 11.0 Å². The average molecular weight is 376 g/mol. The van der Waals surface area contributed by atoms with Gasteiger partial charge in [0.2, 0.25) is 0 Å². The highest BCUT2D eigenvalue weighted by molar-refractivity contribution is 9.10. The lowest BCUT2D eigenvalue weighted by Gasteiger charge is -2.13. The van der Waals surface area contributed by atoms with E-state index >= 15 is 0 Å². The minimum atomic E-state index is 0.369. The monoisotopic (exact) mass is 374 g/mol. The summed E-state index contributed by atoms with van der Waals surface area (Å²) in [5.41, 5.74) is 2.80. The second-order valence-electron chi connectivity index (χ2n) is 4.24. The highest BCUT2D eigenvalue weighted by Crippen LogP contribution is 2.28. The zero-order valence-corrected chi connectivity index (χ0v) is 14.1. The SMILES string of the molecule is COc1ccc(Br)c(CNc2c(C)cc(Cl)nc2Cl)c1. The minimum absolute atomic E-state index is 0.369. The number of hydrogen-bond acceptors (Lipinski definition) is 3. The first-order valence-corrected chi connectivity index (χ1v) is 7.45. The number of rotatable bonds is 4. The van der Waals surface area contributed by atoms with Crippen molar-refractivity contribution in [1.82, 2.24) is 4.98 Å². The van der Waals surface area contributed by atoms with E-state index in [1.807, 2.05) is 25.1 Å². The number of aryl methyl sites for hydroxylation is 1. The molecule has 3 nitrogen and oxygen atoms in total. The number of aromatic nitrogens is 1. The molecule has 0 amide bonds. The van der Waals surface area contributed by atoms with Gasteiger partial charge in [-0.05, 0) is 42.3 Å². The zero-order valence-electron chi connectivity index (χ0n) is 11.0. The molecule has 1 aromatic heterocycles. The molecule has 0 bridgehead atoms. The molecular weight excluding hydrogens is 363 g/mol. The maximum atomic E-state index is 6.10. The van der Waals surface area contributed by atoms with Crippen LogP contribution in [0.4, 0.5) is 5.69 Å². The number of nitrogens with one attached hydrogen (secondary N) is 1. The van der Waals surface area contributed by atoms with E-state index in [9.17, 15) is 0 Å². The number of pyridine rings is 1. The Bertz CT molecular complexity index is 612. The largest absolute Gasteiger partial charge is 0.497 e. The van der Waals surface area contributed by atoms with Gasteiger partial charge in [-0.3, -0.25) is 0 Å². The molecule has 0 fully saturated rings. The van der Waals surface area contributed by atoms with E-state index in [4.69, 9.17) is 27.9 Å². The van der Waals surface area contributed by atoms with Crippen molar-refractivity contribution in [1.29, 1.82) is 0 Å². The van der Waals surface area contributed by atoms with Gasteiger partial charge >= 0.3 is 0 Å². The summed E-state index contributed by atoms with van der Waals surface area (Å²) in [6.07, 6.45) is 0. The predicted octanol–water partition coefficient (Wildman–Crippen LogP) is 5.08. The molecule has 20 heavy (non-hydrogen) atoms. The van der Waals surface area contributed by atoms with E-state index < -0.39 is 0 Å². The average Bonchev–Trinajstić information content (AvgIpc) is 2.39. The minimum Gasteiger partial charge on any atom is -0.497 e. The Balaban J connectivity index is 2.21. The van der Waals surface area contributed by atoms with E-state index in [1.54, 1.807) is 13.2 Å². The van der Waals surface area contributed by atoms with Crippen LogP contribution in [0, 0.1) is 6.92 Å².